The Balaban J connectivity index is 1.77. The van der Waals surface area contributed by atoms with Crippen molar-refractivity contribution in [3.05, 3.63) is 65.2 Å². The van der Waals surface area contributed by atoms with Crippen molar-refractivity contribution in [1.82, 2.24) is 0 Å². The highest BCUT2D eigenvalue weighted by Gasteiger charge is 2.38. The molecular formula is C15H12ClNO. The van der Waals surface area contributed by atoms with Crippen molar-refractivity contribution >= 4 is 23.2 Å². The summed E-state index contributed by atoms with van der Waals surface area (Å²) < 4.78 is 0. The highest BCUT2D eigenvalue weighted by molar-refractivity contribution is 6.30. The van der Waals surface area contributed by atoms with Gasteiger partial charge in [0.2, 0.25) is 5.91 Å². The minimum absolute atomic E-state index is 0.00174. The molecule has 90 valence electrons. The minimum Gasteiger partial charge on any atom is -0.311 e. The van der Waals surface area contributed by atoms with E-state index in [0.29, 0.717) is 5.02 Å². The third kappa shape index (κ3) is 1.89. The van der Waals surface area contributed by atoms with E-state index < -0.39 is 0 Å². The second-order valence-corrected chi connectivity index (χ2v) is 4.82. The van der Waals surface area contributed by atoms with Crippen LogP contribution >= 0.6 is 11.6 Å². The van der Waals surface area contributed by atoms with Gasteiger partial charge in [0.1, 0.15) is 0 Å². The Morgan fingerprint density at radius 2 is 1.67 bits per heavy atom. The van der Waals surface area contributed by atoms with Crippen molar-refractivity contribution in [2.45, 2.75) is 5.92 Å². The topological polar surface area (TPSA) is 20.3 Å². The van der Waals surface area contributed by atoms with Gasteiger partial charge in [-0.3, -0.25) is 4.79 Å². The third-order valence-electron chi connectivity index (χ3n) is 3.27. The summed E-state index contributed by atoms with van der Waals surface area (Å²) in [7, 11) is 0. The van der Waals surface area contributed by atoms with Gasteiger partial charge in [-0.1, -0.05) is 41.9 Å². The summed E-state index contributed by atoms with van der Waals surface area (Å²) in [6.45, 7) is 0.741. The van der Waals surface area contributed by atoms with Gasteiger partial charge in [-0.15, -0.1) is 0 Å². The highest BCUT2D eigenvalue weighted by Crippen LogP contribution is 2.33. The molecule has 2 aromatic rings. The summed E-state index contributed by atoms with van der Waals surface area (Å²) in [6.07, 6.45) is 0. The Bertz CT molecular complexity index is 565. The molecule has 3 rings (SSSR count). The molecule has 1 saturated heterocycles. The zero-order chi connectivity index (χ0) is 12.5. The first-order valence-corrected chi connectivity index (χ1v) is 6.25. The summed E-state index contributed by atoms with van der Waals surface area (Å²) in [5, 5.41) is 0.686. The van der Waals surface area contributed by atoms with Gasteiger partial charge in [0, 0.05) is 17.3 Å². The van der Waals surface area contributed by atoms with E-state index in [1.54, 1.807) is 17.0 Å². The molecule has 0 aromatic heterocycles. The Kier molecular flexibility index (Phi) is 2.80. The second-order valence-electron chi connectivity index (χ2n) is 4.39. The molecule has 1 aliphatic rings. The lowest BCUT2D eigenvalue weighted by atomic mass is 9.90. The summed E-state index contributed by atoms with van der Waals surface area (Å²) >= 11 is 5.84. The van der Waals surface area contributed by atoms with Gasteiger partial charge in [-0.25, -0.2) is 0 Å². The maximum atomic E-state index is 12.1. The molecule has 1 heterocycles. The number of rotatable bonds is 2. The fourth-order valence-corrected chi connectivity index (χ4v) is 2.34. The number of carbonyl (C=O) groups is 1. The Hall–Kier alpha value is -1.80. The number of hydrogen-bond donors (Lipinski definition) is 0. The summed E-state index contributed by atoms with van der Waals surface area (Å²) in [5.41, 5.74) is 2.00. The lowest BCUT2D eigenvalue weighted by Gasteiger charge is -2.38. The van der Waals surface area contributed by atoms with Gasteiger partial charge < -0.3 is 4.90 Å². The van der Waals surface area contributed by atoms with E-state index in [1.165, 1.54) is 0 Å². The fraction of sp³-hybridized carbons (Fsp3) is 0.133. The van der Waals surface area contributed by atoms with Crippen LogP contribution in [-0.2, 0) is 4.79 Å². The molecule has 0 saturated carbocycles. The van der Waals surface area contributed by atoms with Crippen LogP contribution in [0.2, 0.25) is 5.02 Å². The molecule has 0 N–H and O–H groups in total. The van der Waals surface area contributed by atoms with E-state index in [-0.39, 0.29) is 11.8 Å². The number of benzene rings is 2. The number of nitrogens with zero attached hydrogens (tertiary/aromatic N) is 1. The van der Waals surface area contributed by atoms with Gasteiger partial charge in [-0.2, -0.15) is 0 Å². The molecule has 0 radical (unpaired) electrons. The van der Waals surface area contributed by atoms with Crippen molar-refractivity contribution in [3.8, 4) is 0 Å². The summed E-state index contributed by atoms with van der Waals surface area (Å²) in [6, 6.07) is 17.3. The van der Waals surface area contributed by atoms with Crippen LogP contribution in [-0.4, -0.2) is 12.5 Å². The van der Waals surface area contributed by atoms with E-state index in [0.717, 1.165) is 17.8 Å². The first kappa shape index (κ1) is 11.3. The van der Waals surface area contributed by atoms with Crippen LogP contribution in [0.4, 0.5) is 5.69 Å². The van der Waals surface area contributed by atoms with Crippen LogP contribution in [0.5, 0.6) is 0 Å². The molecule has 0 aliphatic carbocycles. The largest absolute Gasteiger partial charge is 0.311 e. The highest BCUT2D eigenvalue weighted by atomic mass is 35.5. The van der Waals surface area contributed by atoms with Gasteiger partial charge >= 0.3 is 0 Å². The number of anilines is 1. The first-order valence-electron chi connectivity index (χ1n) is 5.87. The lowest BCUT2D eigenvalue weighted by Crippen LogP contribution is -2.50. The predicted molar refractivity (Wildman–Crippen MR) is 73.0 cm³/mol. The molecule has 3 heteroatoms. The van der Waals surface area contributed by atoms with Gasteiger partial charge in [0.15, 0.2) is 0 Å². The maximum Gasteiger partial charge on any atom is 0.236 e. The van der Waals surface area contributed by atoms with Crippen molar-refractivity contribution in [1.29, 1.82) is 0 Å². The number of halogens is 1. The summed E-state index contributed by atoms with van der Waals surface area (Å²) in [5.74, 6) is 0.158. The van der Waals surface area contributed by atoms with Crippen LogP contribution in [0.1, 0.15) is 11.5 Å². The molecule has 1 amide bonds. The van der Waals surface area contributed by atoms with Crippen LogP contribution < -0.4 is 4.90 Å². The maximum absolute atomic E-state index is 12.1. The van der Waals surface area contributed by atoms with E-state index in [9.17, 15) is 4.79 Å². The van der Waals surface area contributed by atoms with Crippen LogP contribution in [0.3, 0.4) is 0 Å². The molecule has 2 nitrogen and oxygen atoms in total. The Morgan fingerprint density at radius 1 is 1.00 bits per heavy atom. The molecular weight excluding hydrogens is 246 g/mol. The molecule has 1 unspecified atom stereocenters. The van der Waals surface area contributed by atoms with Crippen molar-refractivity contribution in [2.24, 2.45) is 0 Å². The van der Waals surface area contributed by atoms with Crippen LogP contribution in [0, 0.1) is 0 Å². The lowest BCUT2D eigenvalue weighted by molar-refractivity contribution is -0.124. The number of carbonyl (C=O) groups excluding carboxylic acids is 1. The Morgan fingerprint density at radius 3 is 2.28 bits per heavy atom. The Labute approximate surface area is 111 Å². The number of hydrogen-bond acceptors (Lipinski definition) is 1. The van der Waals surface area contributed by atoms with Gasteiger partial charge in [-0.05, 0) is 29.8 Å². The van der Waals surface area contributed by atoms with Crippen molar-refractivity contribution in [3.63, 3.8) is 0 Å². The third-order valence-corrected chi connectivity index (χ3v) is 3.52. The number of β-lactam (4-membered cyclic amide) rings is 1. The molecule has 0 spiro atoms. The van der Waals surface area contributed by atoms with Gasteiger partial charge in [0.05, 0.1) is 5.92 Å². The number of amides is 1. The van der Waals surface area contributed by atoms with E-state index >= 15 is 0 Å². The average molecular weight is 258 g/mol. The zero-order valence-electron chi connectivity index (χ0n) is 9.71. The average Bonchev–Trinajstić information content (AvgIpc) is 2.41. The van der Waals surface area contributed by atoms with Crippen molar-refractivity contribution < 1.29 is 4.79 Å². The SMILES string of the molecule is O=C1C(c2ccccc2)CN1c1ccc(Cl)cc1. The van der Waals surface area contributed by atoms with E-state index in [4.69, 9.17) is 11.6 Å². The molecule has 1 aliphatic heterocycles. The predicted octanol–water partition coefficient (Wildman–Crippen LogP) is 3.47. The summed E-state index contributed by atoms with van der Waals surface area (Å²) in [4.78, 5) is 13.9. The van der Waals surface area contributed by atoms with Crippen molar-refractivity contribution in [2.75, 3.05) is 11.4 Å². The molecule has 1 atom stereocenters. The molecule has 18 heavy (non-hydrogen) atoms. The zero-order valence-corrected chi connectivity index (χ0v) is 10.5. The molecule has 0 bridgehead atoms. The molecule has 2 aromatic carbocycles. The minimum atomic E-state index is 0.00174. The first-order chi connectivity index (χ1) is 8.75. The molecule has 1 fully saturated rings. The van der Waals surface area contributed by atoms with E-state index in [2.05, 4.69) is 0 Å². The van der Waals surface area contributed by atoms with Crippen LogP contribution in [0.25, 0.3) is 0 Å². The fourth-order valence-electron chi connectivity index (χ4n) is 2.21. The quantitative estimate of drug-likeness (QED) is 0.755. The normalized spacial score (nSPS) is 18.6. The van der Waals surface area contributed by atoms with E-state index in [1.807, 2.05) is 42.5 Å². The smallest absolute Gasteiger partial charge is 0.236 e. The van der Waals surface area contributed by atoms with Gasteiger partial charge in [0.25, 0.3) is 0 Å². The standard InChI is InChI=1S/C15H12ClNO/c16-12-6-8-13(9-7-12)17-10-14(15(17)18)11-4-2-1-3-5-11/h1-9,14H,10H2. The second kappa shape index (κ2) is 4.46. The monoisotopic (exact) mass is 257 g/mol. The van der Waals surface area contributed by atoms with Crippen LogP contribution in [0.15, 0.2) is 54.6 Å².